The number of hydrogen-bond donors (Lipinski definition) is 2. The van der Waals surface area contributed by atoms with Gasteiger partial charge < -0.3 is 11.1 Å². The number of nitrogens with zero attached hydrogens (tertiary/aromatic N) is 1. The summed E-state index contributed by atoms with van der Waals surface area (Å²) < 4.78 is 0.900. The highest BCUT2D eigenvalue weighted by Gasteiger charge is 2.23. The zero-order chi connectivity index (χ0) is 12.9. The molecular formula is C13H18BrN3. The van der Waals surface area contributed by atoms with Gasteiger partial charge in [0, 0.05) is 22.2 Å². The van der Waals surface area contributed by atoms with Crippen LogP contribution < -0.4 is 11.1 Å². The van der Waals surface area contributed by atoms with Gasteiger partial charge in [-0.1, -0.05) is 29.8 Å². The van der Waals surface area contributed by atoms with E-state index in [-0.39, 0.29) is 5.54 Å². The zero-order valence-corrected chi connectivity index (χ0v) is 11.8. The first-order valence-corrected chi connectivity index (χ1v) is 6.57. The van der Waals surface area contributed by atoms with Crippen molar-refractivity contribution >= 4 is 21.6 Å². The molecule has 0 saturated carbocycles. The summed E-state index contributed by atoms with van der Waals surface area (Å²) in [5.41, 5.74) is 7.33. The standard InChI is InChI=1S/C13H18BrN3/c1-3-13(4-2,9-16)17-12-6-10(8-15)5-11(14)7-12/h5-7,17H,3-4,9,16H2,1-2H3. The Morgan fingerprint density at radius 3 is 2.47 bits per heavy atom. The van der Waals surface area contributed by atoms with Crippen LogP contribution in [0.2, 0.25) is 0 Å². The van der Waals surface area contributed by atoms with Crippen molar-refractivity contribution in [2.24, 2.45) is 5.73 Å². The molecule has 1 aromatic carbocycles. The van der Waals surface area contributed by atoms with Gasteiger partial charge in [-0.2, -0.15) is 5.26 Å². The first-order valence-electron chi connectivity index (χ1n) is 5.78. The van der Waals surface area contributed by atoms with Crippen molar-refractivity contribution in [1.82, 2.24) is 0 Å². The Kier molecular flexibility index (Phi) is 4.98. The largest absolute Gasteiger partial charge is 0.378 e. The fraction of sp³-hybridized carbons (Fsp3) is 0.462. The molecule has 0 saturated heterocycles. The third-order valence-corrected chi connectivity index (χ3v) is 3.64. The number of benzene rings is 1. The zero-order valence-electron chi connectivity index (χ0n) is 10.3. The summed E-state index contributed by atoms with van der Waals surface area (Å²) in [7, 11) is 0. The maximum Gasteiger partial charge on any atom is 0.0992 e. The topological polar surface area (TPSA) is 61.8 Å². The molecule has 3 N–H and O–H groups in total. The van der Waals surface area contributed by atoms with Gasteiger partial charge in [0.15, 0.2) is 0 Å². The van der Waals surface area contributed by atoms with E-state index in [1.807, 2.05) is 12.1 Å². The minimum atomic E-state index is -0.0898. The molecule has 0 aliphatic rings. The van der Waals surface area contributed by atoms with Crippen LogP contribution in [0.3, 0.4) is 0 Å². The maximum atomic E-state index is 8.93. The first kappa shape index (κ1) is 14.0. The third kappa shape index (κ3) is 3.45. The molecule has 3 nitrogen and oxygen atoms in total. The number of halogens is 1. The first-order chi connectivity index (χ1) is 8.09. The van der Waals surface area contributed by atoms with Crippen molar-refractivity contribution in [3.63, 3.8) is 0 Å². The van der Waals surface area contributed by atoms with Crippen molar-refractivity contribution in [3.8, 4) is 6.07 Å². The number of nitriles is 1. The van der Waals surface area contributed by atoms with Gasteiger partial charge in [-0.15, -0.1) is 0 Å². The quantitative estimate of drug-likeness (QED) is 0.876. The summed E-state index contributed by atoms with van der Waals surface area (Å²) in [6, 6.07) is 7.76. The molecule has 0 radical (unpaired) electrons. The smallest absolute Gasteiger partial charge is 0.0992 e. The highest BCUT2D eigenvalue weighted by molar-refractivity contribution is 9.10. The molecule has 92 valence electrons. The van der Waals surface area contributed by atoms with E-state index in [0.717, 1.165) is 23.0 Å². The van der Waals surface area contributed by atoms with E-state index in [1.165, 1.54) is 0 Å². The van der Waals surface area contributed by atoms with E-state index in [2.05, 4.69) is 41.2 Å². The van der Waals surface area contributed by atoms with Crippen LogP contribution in [-0.2, 0) is 0 Å². The van der Waals surface area contributed by atoms with Crippen LogP contribution >= 0.6 is 15.9 Å². The molecule has 0 aliphatic carbocycles. The van der Waals surface area contributed by atoms with Gasteiger partial charge in [-0.25, -0.2) is 0 Å². The normalized spacial score (nSPS) is 11.0. The predicted octanol–water partition coefficient (Wildman–Crippen LogP) is 3.25. The summed E-state index contributed by atoms with van der Waals surface area (Å²) in [5.74, 6) is 0. The summed E-state index contributed by atoms with van der Waals surface area (Å²) in [6.07, 6.45) is 1.91. The summed E-state index contributed by atoms with van der Waals surface area (Å²) in [5, 5.41) is 12.4. The van der Waals surface area contributed by atoms with Crippen LogP contribution in [-0.4, -0.2) is 12.1 Å². The third-order valence-electron chi connectivity index (χ3n) is 3.18. The monoisotopic (exact) mass is 295 g/mol. The molecule has 0 amide bonds. The average molecular weight is 296 g/mol. The number of nitrogens with one attached hydrogen (secondary N) is 1. The molecule has 1 rings (SSSR count). The van der Waals surface area contributed by atoms with Crippen LogP contribution in [0.1, 0.15) is 32.3 Å². The van der Waals surface area contributed by atoms with Gasteiger partial charge >= 0.3 is 0 Å². The van der Waals surface area contributed by atoms with Crippen molar-refractivity contribution in [1.29, 1.82) is 5.26 Å². The number of anilines is 1. The number of nitrogens with two attached hydrogens (primary N) is 1. The van der Waals surface area contributed by atoms with Crippen LogP contribution in [0.25, 0.3) is 0 Å². The van der Waals surface area contributed by atoms with Gasteiger partial charge in [-0.3, -0.25) is 0 Å². The van der Waals surface area contributed by atoms with E-state index >= 15 is 0 Å². The highest BCUT2D eigenvalue weighted by atomic mass is 79.9. The summed E-state index contributed by atoms with van der Waals surface area (Å²) in [4.78, 5) is 0. The summed E-state index contributed by atoms with van der Waals surface area (Å²) >= 11 is 3.40. The molecule has 0 aliphatic heterocycles. The van der Waals surface area contributed by atoms with Crippen molar-refractivity contribution in [2.45, 2.75) is 32.2 Å². The van der Waals surface area contributed by atoms with E-state index in [0.29, 0.717) is 12.1 Å². The van der Waals surface area contributed by atoms with Crippen LogP contribution in [0.4, 0.5) is 5.69 Å². The van der Waals surface area contributed by atoms with Gasteiger partial charge in [-0.05, 0) is 31.0 Å². The average Bonchev–Trinajstić information content (AvgIpc) is 2.35. The molecular weight excluding hydrogens is 278 g/mol. The Morgan fingerprint density at radius 1 is 1.35 bits per heavy atom. The second kappa shape index (κ2) is 6.04. The second-order valence-corrected chi connectivity index (χ2v) is 5.07. The molecule has 4 heteroatoms. The lowest BCUT2D eigenvalue weighted by Crippen LogP contribution is -2.44. The maximum absolute atomic E-state index is 8.93. The lowest BCUT2D eigenvalue weighted by molar-refractivity contribution is 0.445. The Morgan fingerprint density at radius 2 is 2.00 bits per heavy atom. The fourth-order valence-electron chi connectivity index (χ4n) is 1.80. The minimum absolute atomic E-state index is 0.0898. The van der Waals surface area contributed by atoms with E-state index in [9.17, 15) is 0 Å². The fourth-order valence-corrected chi connectivity index (χ4v) is 2.29. The van der Waals surface area contributed by atoms with Gasteiger partial charge in [0.2, 0.25) is 0 Å². The molecule has 0 fully saturated rings. The second-order valence-electron chi connectivity index (χ2n) is 4.16. The van der Waals surface area contributed by atoms with Crippen molar-refractivity contribution < 1.29 is 0 Å². The lowest BCUT2D eigenvalue weighted by atomic mass is 9.92. The molecule has 0 heterocycles. The van der Waals surface area contributed by atoms with E-state index < -0.39 is 0 Å². The van der Waals surface area contributed by atoms with Crippen LogP contribution in [0, 0.1) is 11.3 Å². The Hall–Kier alpha value is -1.05. The SMILES string of the molecule is CCC(CC)(CN)Nc1cc(Br)cc(C#N)c1. The Bertz CT molecular complexity index is 411. The van der Waals surface area contributed by atoms with Gasteiger partial charge in [0.25, 0.3) is 0 Å². The molecule has 17 heavy (non-hydrogen) atoms. The minimum Gasteiger partial charge on any atom is -0.378 e. The number of rotatable bonds is 5. The molecule has 0 atom stereocenters. The number of hydrogen-bond acceptors (Lipinski definition) is 3. The molecule has 0 aromatic heterocycles. The molecule has 0 unspecified atom stereocenters. The van der Waals surface area contributed by atoms with Gasteiger partial charge in [0.05, 0.1) is 11.6 Å². The van der Waals surface area contributed by atoms with Crippen LogP contribution in [0.5, 0.6) is 0 Å². The van der Waals surface area contributed by atoms with E-state index in [1.54, 1.807) is 6.07 Å². The van der Waals surface area contributed by atoms with Crippen molar-refractivity contribution in [3.05, 3.63) is 28.2 Å². The summed E-state index contributed by atoms with van der Waals surface area (Å²) in [6.45, 7) is 4.81. The Balaban J connectivity index is 3.02. The van der Waals surface area contributed by atoms with Crippen molar-refractivity contribution in [2.75, 3.05) is 11.9 Å². The van der Waals surface area contributed by atoms with Gasteiger partial charge in [0.1, 0.15) is 0 Å². The molecule has 0 bridgehead atoms. The highest BCUT2D eigenvalue weighted by Crippen LogP contribution is 2.25. The predicted molar refractivity (Wildman–Crippen MR) is 74.8 cm³/mol. The molecule has 1 aromatic rings. The van der Waals surface area contributed by atoms with E-state index in [4.69, 9.17) is 11.0 Å². The molecule has 0 spiro atoms. The lowest BCUT2D eigenvalue weighted by Gasteiger charge is -2.32. The Labute approximate surface area is 111 Å². The van der Waals surface area contributed by atoms with Crippen LogP contribution in [0.15, 0.2) is 22.7 Å².